The quantitative estimate of drug-likeness (QED) is 0.561. The van der Waals surface area contributed by atoms with Gasteiger partial charge in [0.25, 0.3) is 11.6 Å². The number of rotatable bonds is 5. The Morgan fingerprint density at radius 2 is 1.88 bits per heavy atom. The number of nitrogens with zero attached hydrogens (tertiary/aromatic N) is 3. The molecule has 0 radical (unpaired) electrons. The molecule has 1 heterocycles. The first-order chi connectivity index (χ1) is 15.5. The van der Waals surface area contributed by atoms with E-state index in [0.29, 0.717) is 6.54 Å². The zero-order chi connectivity index (χ0) is 22.7. The predicted octanol–water partition coefficient (Wildman–Crippen LogP) is 4.06. The van der Waals surface area contributed by atoms with Crippen LogP contribution in [0.2, 0.25) is 0 Å². The minimum atomic E-state index is -1.12. The fourth-order valence-corrected chi connectivity index (χ4v) is 4.28. The Morgan fingerprint density at radius 1 is 1.19 bits per heavy atom. The van der Waals surface area contributed by atoms with Gasteiger partial charge in [0, 0.05) is 30.2 Å². The van der Waals surface area contributed by atoms with Gasteiger partial charge in [-0.05, 0) is 38.0 Å². The van der Waals surface area contributed by atoms with Crippen molar-refractivity contribution in [2.45, 2.75) is 38.8 Å². The number of likely N-dealkylation sites (N-methyl/N-ethyl adjacent to an activating group) is 1. The molecule has 0 aromatic heterocycles. The van der Waals surface area contributed by atoms with E-state index in [1.807, 2.05) is 31.2 Å². The van der Waals surface area contributed by atoms with Gasteiger partial charge < -0.3 is 9.64 Å². The maximum absolute atomic E-state index is 13.3. The van der Waals surface area contributed by atoms with Crippen molar-refractivity contribution in [3.63, 3.8) is 0 Å². The summed E-state index contributed by atoms with van der Waals surface area (Å²) in [7, 11) is 0. The number of hydrogen-bond acceptors (Lipinski definition) is 6. The first kappa shape index (κ1) is 21.5. The van der Waals surface area contributed by atoms with Gasteiger partial charge in [-0.15, -0.1) is 0 Å². The number of aliphatic imine (C=N–C) groups is 1. The summed E-state index contributed by atoms with van der Waals surface area (Å²) in [5.74, 6) is 0.0224. The van der Waals surface area contributed by atoms with Crippen molar-refractivity contribution < 1.29 is 19.2 Å². The van der Waals surface area contributed by atoms with Crippen LogP contribution >= 0.6 is 0 Å². The molecule has 1 aliphatic carbocycles. The Morgan fingerprint density at radius 3 is 2.53 bits per heavy atom. The summed E-state index contributed by atoms with van der Waals surface area (Å²) in [5, 5.41) is 13.4. The number of nitro benzene ring substituents is 1. The molecule has 1 aliphatic heterocycles. The maximum Gasteiger partial charge on any atom is 0.414 e. The van der Waals surface area contributed by atoms with Crippen LogP contribution in [-0.4, -0.2) is 35.3 Å². The average molecular weight is 436 g/mol. The fourth-order valence-electron chi connectivity index (χ4n) is 4.28. The molecule has 2 aliphatic rings. The van der Waals surface area contributed by atoms with Gasteiger partial charge >= 0.3 is 6.09 Å². The van der Waals surface area contributed by atoms with Crippen LogP contribution in [0.15, 0.2) is 53.5 Å². The molecule has 2 aromatic carbocycles. The predicted molar refractivity (Wildman–Crippen MR) is 119 cm³/mol. The van der Waals surface area contributed by atoms with Crippen LogP contribution in [0.1, 0.15) is 38.2 Å². The maximum atomic E-state index is 13.3. The lowest BCUT2D eigenvalue weighted by atomic mass is 9.94. The first-order valence-electron chi connectivity index (χ1n) is 10.7. The van der Waals surface area contributed by atoms with Crippen molar-refractivity contribution >= 4 is 29.1 Å². The molecular weight excluding hydrogens is 412 g/mol. The van der Waals surface area contributed by atoms with E-state index in [-0.39, 0.29) is 23.3 Å². The summed E-state index contributed by atoms with van der Waals surface area (Å²) in [5.41, 5.74) is 2.43. The number of ether oxygens (including phenoxy) is 1. The fraction of sp³-hybridized carbons (Fsp3) is 0.348. The molecule has 0 unspecified atom stereocenters. The van der Waals surface area contributed by atoms with E-state index < -0.39 is 17.2 Å². The van der Waals surface area contributed by atoms with E-state index in [1.165, 1.54) is 24.3 Å². The number of hydrogen-bond donors (Lipinski definition) is 1. The Bertz CT molecular complexity index is 1060. The number of anilines is 1. The number of para-hydroxylation sites is 1. The minimum absolute atomic E-state index is 0.112. The number of nitro groups is 1. The van der Waals surface area contributed by atoms with Crippen molar-refractivity contribution in [3.05, 3.63) is 64.2 Å². The summed E-state index contributed by atoms with van der Waals surface area (Å²) >= 11 is 0. The van der Waals surface area contributed by atoms with Gasteiger partial charge in [0.2, 0.25) is 6.17 Å². The highest BCUT2D eigenvalue weighted by molar-refractivity contribution is 6.14. The molecule has 1 atom stereocenters. The Balaban J connectivity index is 1.60. The van der Waals surface area contributed by atoms with E-state index in [1.54, 1.807) is 4.90 Å². The molecule has 0 saturated heterocycles. The highest BCUT2D eigenvalue weighted by Gasteiger charge is 2.35. The van der Waals surface area contributed by atoms with Crippen LogP contribution < -0.4 is 15.0 Å². The van der Waals surface area contributed by atoms with Gasteiger partial charge in [-0.1, -0.05) is 31.0 Å². The third kappa shape index (κ3) is 4.32. The molecule has 4 rings (SSSR count). The zero-order valence-corrected chi connectivity index (χ0v) is 17.7. The number of fused-ring (bicyclic) bond motifs is 1. The smallest absolute Gasteiger partial charge is 0.410 e. The zero-order valence-electron chi connectivity index (χ0n) is 17.7. The lowest BCUT2D eigenvalue weighted by Gasteiger charge is -2.24. The second-order valence-electron chi connectivity index (χ2n) is 7.78. The van der Waals surface area contributed by atoms with E-state index in [0.717, 1.165) is 42.6 Å². The van der Waals surface area contributed by atoms with E-state index in [4.69, 9.17) is 9.73 Å². The third-order valence-corrected chi connectivity index (χ3v) is 5.81. The van der Waals surface area contributed by atoms with E-state index >= 15 is 0 Å². The van der Waals surface area contributed by atoms with Crippen molar-refractivity contribution in [3.8, 4) is 5.75 Å². The second-order valence-corrected chi connectivity index (χ2v) is 7.78. The van der Waals surface area contributed by atoms with Gasteiger partial charge in [0.1, 0.15) is 5.75 Å². The van der Waals surface area contributed by atoms with Crippen molar-refractivity contribution in [2.24, 2.45) is 10.9 Å². The monoisotopic (exact) mass is 436 g/mol. The van der Waals surface area contributed by atoms with Gasteiger partial charge in [0.15, 0.2) is 0 Å². The summed E-state index contributed by atoms with van der Waals surface area (Å²) in [6.45, 7) is 2.31. The van der Waals surface area contributed by atoms with Gasteiger partial charge in [-0.3, -0.25) is 25.2 Å². The molecule has 166 valence electrons. The lowest BCUT2D eigenvalue weighted by Crippen LogP contribution is -2.48. The topological polar surface area (TPSA) is 114 Å². The summed E-state index contributed by atoms with van der Waals surface area (Å²) in [6.07, 6.45) is 2.23. The molecule has 32 heavy (non-hydrogen) atoms. The molecule has 9 nitrogen and oxygen atoms in total. The highest BCUT2D eigenvalue weighted by Crippen LogP contribution is 2.34. The normalized spacial score (nSPS) is 18.5. The Hall–Kier alpha value is -3.75. The highest BCUT2D eigenvalue weighted by atomic mass is 16.6. The van der Waals surface area contributed by atoms with Crippen LogP contribution in [0.4, 0.5) is 16.2 Å². The van der Waals surface area contributed by atoms with E-state index in [2.05, 4.69) is 5.32 Å². The SMILES string of the molecule is CCN1C(=O)[C@H](NC(=O)Oc2ccc([N+](=O)[O-])cc2)N=C(C2CCCC2)c2ccccc21. The van der Waals surface area contributed by atoms with Crippen molar-refractivity contribution in [2.75, 3.05) is 11.4 Å². The van der Waals surface area contributed by atoms with Crippen molar-refractivity contribution in [1.82, 2.24) is 5.32 Å². The molecule has 1 N–H and O–H groups in total. The Labute approximate surface area is 185 Å². The van der Waals surface area contributed by atoms with Crippen molar-refractivity contribution in [1.29, 1.82) is 0 Å². The Kier molecular flexibility index (Phi) is 6.16. The standard InChI is InChI=1S/C23H24N4O5/c1-2-26-19-10-6-5-9-18(19)20(15-7-3-4-8-15)24-21(22(26)28)25-23(29)32-17-13-11-16(12-14-17)27(30)31/h5-6,9-15,21H,2-4,7-8H2,1H3,(H,25,29)/t21-/m0/s1. The largest absolute Gasteiger partial charge is 0.414 e. The number of nitrogens with one attached hydrogen (secondary N) is 1. The third-order valence-electron chi connectivity index (χ3n) is 5.81. The molecule has 0 spiro atoms. The number of carbonyl (C=O) groups excluding carboxylic acids is 2. The van der Waals surface area contributed by atoms with Gasteiger partial charge in [-0.2, -0.15) is 0 Å². The molecule has 2 aromatic rings. The molecule has 2 amide bonds. The van der Waals surface area contributed by atoms with E-state index in [9.17, 15) is 19.7 Å². The lowest BCUT2D eigenvalue weighted by molar-refractivity contribution is -0.384. The number of benzene rings is 2. The number of non-ortho nitro benzene ring substituents is 1. The summed E-state index contributed by atoms with van der Waals surface area (Å²) in [4.78, 5) is 42.4. The average Bonchev–Trinajstić information content (AvgIpc) is 3.29. The first-order valence-corrected chi connectivity index (χ1v) is 10.7. The second kappa shape index (κ2) is 9.17. The van der Waals surface area contributed by atoms with Crippen LogP contribution in [0.25, 0.3) is 0 Å². The molecule has 9 heteroatoms. The molecular formula is C23H24N4O5. The van der Waals surface area contributed by atoms with Crippen LogP contribution in [-0.2, 0) is 4.79 Å². The number of benzodiazepines with no additional fused rings is 1. The molecule has 1 fully saturated rings. The number of carbonyl (C=O) groups is 2. The molecule has 1 saturated carbocycles. The van der Waals surface area contributed by atoms with Gasteiger partial charge in [-0.25, -0.2) is 4.79 Å². The van der Waals surface area contributed by atoms with Gasteiger partial charge in [0.05, 0.1) is 16.3 Å². The summed E-state index contributed by atoms with van der Waals surface area (Å²) in [6, 6.07) is 12.8. The number of amides is 2. The van der Waals surface area contributed by atoms with Crippen LogP contribution in [0, 0.1) is 16.0 Å². The summed E-state index contributed by atoms with van der Waals surface area (Å²) < 4.78 is 5.24. The van der Waals surface area contributed by atoms with Crippen LogP contribution in [0.5, 0.6) is 5.75 Å². The van der Waals surface area contributed by atoms with Crippen LogP contribution in [0.3, 0.4) is 0 Å². The molecule has 0 bridgehead atoms. The minimum Gasteiger partial charge on any atom is -0.410 e.